The number of carbonyl (C=O) groups is 1. The van der Waals surface area contributed by atoms with Gasteiger partial charge in [-0.25, -0.2) is 9.97 Å². The van der Waals surface area contributed by atoms with Crippen LogP contribution in [0.4, 0.5) is 18.9 Å². The van der Waals surface area contributed by atoms with Crippen LogP contribution in [0.15, 0.2) is 49.1 Å². The minimum Gasteiger partial charge on any atom is -0.310 e. The van der Waals surface area contributed by atoms with Crippen LogP contribution < -0.4 is 4.90 Å². The molecule has 1 aromatic carbocycles. The van der Waals surface area contributed by atoms with Crippen molar-refractivity contribution in [1.29, 1.82) is 0 Å². The van der Waals surface area contributed by atoms with Gasteiger partial charge in [-0.05, 0) is 24.3 Å². The standard InChI is InChI=1S/C15H11F3N4O/c1-21(11-4-2-10(3-5-11)15(16,17)18)14(23)12-9-22-7-6-19-13(22)8-20-12/h2-9H,1H3. The quantitative estimate of drug-likeness (QED) is 0.729. The van der Waals surface area contributed by atoms with Crippen molar-refractivity contribution in [3.63, 3.8) is 0 Å². The van der Waals surface area contributed by atoms with E-state index in [4.69, 9.17) is 0 Å². The first kappa shape index (κ1) is 15.0. The minimum atomic E-state index is -4.41. The zero-order valence-corrected chi connectivity index (χ0v) is 11.9. The first-order valence-electron chi connectivity index (χ1n) is 6.60. The molecule has 0 aliphatic heterocycles. The molecule has 0 saturated carbocycles. The molecule has 3 aromatic rings. The molecule has 2 heterocycles. The fraction of sp³-hybridized carbons (Fsp3) is 0.133. The summed E-state index contributed by atoms with van der Waals surface area (Å²) in [5, 5.41) is 0. The minimum absolute atomic E-state index is 0.165. The molecule has 0 aliphatic carbocycles. The van der Waals surface area contributed by atoms with Gasteiger partial charge in [0.25, 0.3) is 5.91 Å². The van der Waals surface area contributed by atoms with Gasteiger partial charge in [0.2, 0.25) is 0 Å². The number of benzene rings is 1. The normalized spacial score (nSPS) is 11.7. The Hall–Kier alpha value is -2.90. The molecule has 8 heteroatoms. The number of hydrogen-bond acceptors (Lipinski definition) is 3. The molecule has 0 fully saturated rings. The summed E-state index contributed by atoms with van der Waals surface area (Å²) >= 11 is 0. The zero-order chi connectivity index (χ0) is 16.6. The fourth-order valence-corrected chi connectivity index (χ4v) is 2.10. The van der Waals surface area contributed by atoms with E-state index in [-0.39, 0.29) is 5.69 Å². The van der Waals surface area contributed by atoms with E-state index in [1.807, 2.05) is 0 Å². The van der Waals surface area contributed by atoms with Crippen molar-refractivity contribution < 1.29 is 18.0 Å². The number of carbonyl (C=O) groups excluding carboxylic acids is 1. The van der Waals surface area contributed by atoms with Gasteiger partial charge in [0.15, 0.2) is 5.65 Å². The first-order chi connectivity index (χ1) is 10.9. The lowest BCUT2D eigenvalue weighted by Crippen LogP contribution is -2.27. The van der Waals surface area contributed by atoms with Crippen molar-refractivity contribution in [3.8, 4) is 0 Å². The Balaban J connectivity index is 1.86. The van der Waals surface area contributed by atoms with Crippen LogP contribution in [0.2, 0.25) is 0 Å². The van der Waals surface area contributed by atoms with Crippen molar-refractivity contribution in [2.75, 3.05) is 11.9 Å². The predicted octanol–water partition coefficient (Wildman–Crippen LogP) is 3.02. The summed E-state index contributed by atoms with van der Waals surface area (Å²) in [7, 11) is 1.48. The van der Waals surface area contributed by atoms with Gasteiger partial charge in [-0.2, -0.15) is 13.2 Å². The Morgan fingerprint density at radius 3 is 2.52 bits per heavy atom. The lowest BCUT2D eigenvalue weighted by molar-refractivity contribution is -0.137. The third kappa shape index (κ3) is 2.87. The van der Waals surface area contributed by atoms with Crippen LogP contribution in [-0.4, -0.2) is 27.3 Å². The molecule has 0 spiro atoms. The molecule has 0 atom stereocenters. The van der Waals surface area contributed by atoms with Gasteiger partial charge >= 0.3 is 6.18 Å². The highest BCUT2D eigenvalue weighted by atomic mass is 19.4. The second kappa shape index (κ2) is 5.38. The Bertz CT molecular complexity index is 855. The lowest BCUT2D eigenvalue weighted by Gasteiger charge is -2.17. The van der Waals surface area contributed by atoms with Gasteiger partial charge in [0.05, 0.1) is 11.8 Å². The Labute approximate surface area is 129 Å². The molecule has 2 aromatic heterocycles. The lowest BCUT2D eigenvalue weighted by atomic mass is 10.2. The van der Waals surface area contributed by atoms with E-state index in [0.717, 1.165) is 12.1 Å². The van der Waals surface area contributed by atoms with Crippen LogP contribution in [0, 0.1) is 0 Å². The third-order valence-corrected chi connectivity index (χ3v) is 3.38. The summed E-state index contributed by atoms with van der Waals surface area (Å²) in [4.78, 5) is 21.7. The zero-order valence-electron chi connectivity index (χ0n) is 11.9. The summed E-state index contributed by atoms with van der Waals surface area (Å²) < 4.78 is 39.3. The summed E-state index contributed by atoms with van der Waals surface area (Å²) in [6.07, 6.45) is 1.81. The predicted molar refractivity (Wildman–Crippen MR) is 77.2 cm³/mol. The first-order valence-corrected chi connectivity index (χ1v) is 6.60. The molecule has 5 nitrogen and oxygen atoms in total. The van der Waals surface area contributed by atoms with Gasteiger partial charge in [-0.1, -0.05) is 0 Å². The van der Waals surface area contributed by atoms with Crippen molar-refractivity contribution in [1.82, 2.24) is 14.4 Å². The van der Waals surface area contributed by atoms with E-state index in [2.05, 4.69) is 9.97 Å². The highest BCUT2D eigenvalue weighted by Gasteiger charge is 2.30. The van der Waals surface area contributed by atoms with Crippen LogP contribution in [0.5, 0.6) is 0 Å². The second-order valence-electron chi connectivity index (χ2n) is 4.87. The number of halogens is 3. The monoisotopic (exact) mass is 320 g/mol. The van der Waals surface area contributed by atoms with E-state index >= 15 is 0 Å². The molecule has 0 bridgehead atoms. The maximum atomic E-state index is 12.6. The molecule has 0 N–H and O–H groups in total. The van der Waals surface area contributed by atoms with Gasteiger partial charge < -0.3 is 9.30 Å². The highest BCUT2D eigenvalue weighted by Crippen LogP contribution is 2.30. The van der Waals surface area contributed by atoms with E-state index in [1.165, 1.54) is 36.5 Å². The fourth-order valence-electron chi connectivity index (χ4n) is 2.10. The summed E-state index contributed by atoms with van der Waals surface area (Å²) in [5.74, 6) is -0.430. The average Bonchev–Trinajstić information content (AvgIpc) is 3.00. The van der Waals surface area contributed by atoms with Crippen molar-refractivity contribution in [3.05, 3.63) is 60.3 Å². The third-order valence-electron chi connectivity index (χ3n) is 3.38. The maximum Gasteiger partial charge on any atom is 0.416 e. The van der Waals surface area contributed by atoms with Crippen molar-refractivity contribution in [2.45, 2.75) is 6.18 Å². The molecule has 0 aliphatic rings. The number of amides is 1. The average molecular weight is 320 g/mol. The number of alkyl halides is 3. The molecule has 1 amide bonds. The molecule has 118 valence electrons. The summed E-state index contributed by atoms with van der Waals surface area (Å²) in [6.45, 7) is 0. The van der Waals surface area contributed by atoms with Gasteiger partial charge in [-0.15, -0.1) is 0 Å². The van der Waals surface area contributed by atoms with Crippen LogP contribution in [0.25, 0.3) is 5.65 Å². The number of hydrogen-bond donors (Lipinski definition) is 0. The number of fused-ring (bicyclic) bond motifs is 1. The van der Waals surface area contributed by atoms with E-state index in [9.17, 15) is 18.0 Å². The SMILES string of the molecule is CN(C(=O)c1cn2ccnc2cn1)c1ccc(C(F)(F)F)cc1. The number of aromatic nitrogens is 3. The van der Waals surface area contributed by atoms with Crippen LogP contribution in [-0.2, 0) is 6.18 Å². The van der Waals surface area contributed by atoms with Crippen LogP contribution in [0.1, 0.15) is 16.1 Å². The van der Waals surface area contributed by atoms with Crippen molar-refractivity contribution in [2.24, 2.45) is 0 Å². The highest BCUT2D eigenvalue weighted by molar-refractivity contribution is 6.04. The largest absolute Gasteiger partial charge is 0.416 e. The Morgan fingerprint density at radius 2 is 1.87 bits per heavy atom. The molecule has 0 radical (unpaired) electrons. The molecule has 0 saturated heterocycles. The molecular weight excluding hydrogens is 309 g/mol. The summed E-state index contributed by atoms with van der Waals surface area (Å²) in [6, 6.07) is 4.37. The maximum absolute atomic E-state index is 12.6. The van der Waals surface area contributed by atoms with Crippen LogP contribution in [0.3, 0.4) is 0 Å². The number of anilines is 1. The van der Waals surface area contributed by atoms with E-state index in [0.29, 0.717) is 11.3 Å². The van der Waals surface area contributed by atoms with Crippen molar-refractivity contribution >= 4 is 17.2 Å². The molecule has 3 rings (SSSR count). The van der Waals surface area contributed by atoms with Gasteiger partial charge in [0.1, 0.15) is 5.69 Å². The van der Waals surface area contributed by atoms with Crippen LogP contribution >= 0.6 is 0 Å². The molecule has 23 heavy (non-hydrogen) atoms. The van der Waals surface area contributed by atoms with E-state index in [1.54, 1.807) is 16.8 Å². The number of rotatable bonds is 2. The number of imidazole rings is 1. The topological polar surface area (TPSA) is 50.5 Å². The second-order valence-corrected chi connectivity index (χ2v) is 4.87. The molecular formula is C15H11F3N4O. The van der Waals surface area contributed by atoms with Gasteiger partial charge in [-0.3, -0.25) is 4.79 Å². The summed E-state index contributed by atoms with van der Waals surface area (Å²) in [5.41, 5.74) is 0.340. The van der Waals surface area contributed by atoms with E-state index < -0.39 is 17.6 Å². The number of nitrogens with zero attached hydrogens (tertiary/aromatic N) is 4. The van der Waals surface area contributed by atoms with Gasteiger partial charge in [0, 0.05) is 31.3 Å². The smallest absolute Gasteiger partial charge is 0.310 e. The Morgan fingerprint density at radius 1 is 1.17 bits per heavy atom. The Kier molecular flexibility index (Phi) is 3.51. The molecule has 0 unspecified atom stereocenters.